The van der Waals surface area contributed by atoms with Crippen LogP contribution in [0.25, 0.3) is 0 Å². The molecule has 2 aromatic rings. The second-order valence-electron chi connectivity index (χ2n) is 5.29. The number of rotatable bonds is 7. The van der Waals surface area contributed by atoms with E-state index in [9.17, 15) is 22.8 Å². The van der Waals surface area contributed by atoms with Crippen molar-refractivity contribution in [3.8, 4) is 11.5 Å². The van der Waals surface area contributed by atoms with E-state index in [1.807, 2.05) is 0 Å². The SMILES string of the molecule is CCOC(=O)c1cnc(NNC(=O)c2c(OC)cccc2OC)nc1C(F)(F)F. The van der Waals surface area contributed by atoms with E-state index in [2.05, 4.69) is 25.6 Å². The lowest BCUT2D eigenvalue weighted by Crippen LogP contribution is -2.31. The van der Waals surface area contributed by atoms with Crippen LogP contribution in [0.2, 0.25) is 0 Å². The number of carbonyl (C=O) groups excluding carboxylic acids is 2. The largest absolute Gasteiger partial charge is 0.496 e. The summed E-state index contributed by atoms with van der Waals surface area (Å²) >= 11 is 0. The summed E-state index contributed by atoms with van der Waals surface area (Å²) in [5.41, 5.74) is 1.99. The molecule has 9 nitrogen and oxygen atoms in total. The average Bonchev–Trinajstić information content (AvgIpc) is 2.70. The number of anilines is 1. The van der Waals surface area contributed by atoms with Crippen LogP contribution in [0.4, 0.5) is 19.1 Å². The molecule has 0 aliphatic carbocycles. The number of carbonyl (C=O) groups is 2. The van der Waals surface area contributed by atoms with E-state index in [-0.39, 0.29) is 23.7 Å². The number of alkyl halides is 3. The van der Waals surface area contributed by atoms with Crippen LogP contribution in [-0.2, 0) is 10.9 Å². The molecule has 0 fully saturated rings. The van der Waals surface area contributed by atoms with Gasteiger partial charge in [0.05, 0.1) is 20.8 Å². The van der Waals surface area contributed by atoms with E-state index in [1.54, 1.807) is 6.07 Å². The number of hydrazine groups is 1. The van der Waals surface area contributed by atoms with Crippen molar-refractivity contribution < 1.29 is 37.0 Å². The number of halogens is 3. The predicted molar refractivity (Wildman–Crippen MR) is 93.6 cm³/mol. The lowest BCUT2D eigenvalue weighted by molar-refractivity contribution is -0.141. The number of esters is 1. The maximum Gasteiger partial charge on any atom is 0.434 e. The minimum absolute atomic E-state index is 0.00388. The van der Waals surface area contributed by atoms with Crippen LogP contribution in [0.3, 0.4) is 0 Å². The number of ether oxygens (including phenoxy) is 3. The van der Waals surface area contributed by atoms with Gasteiger partial charge in [-0.05, 0) is 19.1 Å². The van der Waals surface area contributed by atoms with Gasteiger partial charge in [0.15, 0.2) is 5.69 Å². The van der Waals surface area contributed by atoms with Crippen molar-refractivity contribution in [2.75, 3.05) is 26.3 Å². The Balaban J connectivity index is 2.28. The first-order valence-corrected chi connectivity index (χ1v) is 8.11. The first kappa shape index (κ1) is 21.7. The molecule has 0 radical (unpaired) electrons. The second kappa shape index (κ2) is 9.08. The fraction of sp³-hybridized carbons (Fsp3) is 0.294. The number of nitrogens with one attached hydrogen (secondary N) is 2. The van der Waals surface area contributed by atoms with Crippen molar-refractivity contribution in [1.82, 2.24) is 15.4 Å². The quantitative estimate of drug-likeness (QED) is 0.525. The number of nitrogens with zero attached hydrogens (tertiary/aromatic N) is 2. The zero-order valence-corrected chi connectivity index (χ0v) is 15.6. The molecule has 1 aromatic heterocycles. The van der Waals surface area contributed by atoms with E-state index in [4.69, 9.17) is 9.47 Å². The molecule has 1 amide bonds. The molecule has 0 bridgehead atoms. The molecular formula is C17H17F3N4O5. The van der Waals surface area contributed by atoms with Gasteiger partial charge in [0, 0.05) is 6.20 Å². The minimum Gasteiger partial charge on any atom is -0.496 e. The van der Waals surface area contributed by atoms with Gasteiger partial charge < -0.3 is 14.2 Å². The molecule has 1 aromatic carbocycles. The van der Waals surface area contributed by atoms with Crippen molar-refractivity contribution in [3.05, 3.63) is 41.2 Å². The zero-order chi connectivity index (χ0) is 21.6. The third kappa shape index (κ3) is 5.03. The maximum absolute atomic E-state index is 13.2. The van der Waals surface area contributed by atoms with E-state index < -0.39 is 35.3 Å². The molecule has 29 heavy (non-hydrogen) atoms. The topological polar surface area (TPSA) is 112 Å². The van der Waals surface area contributed by atoms with Crippen molar-refractivity contribution in [2.24, 2.45) is 0 Å². The van der Waals surface area contributed by atoms with Crippen molar-refractivity contribution in [3.63, 3.8) is 0 Å². The lowest BCUT2D eigenvalue weighted by atomic mass is 10.1. The molecular weight excluding hydrogens is 397 g/mol. The Kier molecular flexibility index (Phi) is 6.80. The van der Waals surface area contributed by atoms with Crippen LogP contribution in [0.15, 0.2) is 24.4 Å². The van der Waals surface area contributed by atoms with Gasteiger partial charge in [-0.1, -0.05) is 6.07 Å². The van der Waals surface area contributed by atoms with E-state index in [0.29, 0.717) is 6.20 Å². The van der Waals surface area contributed by atoms with Crippen LogP contribution in [0, 0.1) is 0 Å². The Morgan fingerprint density at radius 2 is 1.76 bits per heavy atom. The average molecular weight is 414 g/mol. The molecule has 2 rings (SSSR count). The Labute approximate surface area is 163 Å². The first-order valence-electron chi connectivity index (χ1n) is 8.11. The highest BCUT2D eigenvalue weighted by molar-refractivity contribution is 6.00. The van der Waals surface area contributed by atoms with Crippen LogP contribution in [0.1, 0.15) is 33.3 Å². The Morgan fingerprint density at radius 1 is 1.14 bits per heavy atom. The molecule has 0 atom stereocenters. The highest BCUT2D eigenvalue weighted by Crippen LogP contribution is 2.31. The standard InChI is InChI=1S/C17H17F3N4O5/c1-4-29-15(26)9-8-21-16(22-13(9)17(18,19)20)24-23-14(25)12-10(27-2)6-5-7-11(12)28-3/h5-8H,4H2,1-3H3,(H,23,25)(H,21,22,24). The third-order valence-corrected chi connectivity index (χ3v) is 3.50. The number of aromatic nitrogens is 2. The van der Waals surface area contributed by atoms with Gasteiger partial charge in [0.2, 0.25) is 5.95 Å². The minimum atomic E-state index is -4.95. The summed E-state index contributed by atoms with van der Waals surface area (Å²) in [7, 11) is 2.68. The second-order valence-corrected chi connectivity index (χ2v) is 5.29. The molecule has 0 aliphatic rings. The lowest BCUT2D eigenvalue weighted by Gasteiger charge is -2.15. The molecule has 12 heteroatoms. The van der Waals surface area contributed by atoms with Crippen LogP contribution in [-0.4, -0.2) is 42.7 Å². The van der Waals surface area contributed by atoms with Crippen LogP contribution >= 0.6 is 0 Å². The molecule has 1 heterocycles. The fourth-order valence-electron chi connectivity index (χ4n) is 2.27. The van der Waals surface area contributed by atoms with Gasteiger partial charge >= 0.3 is 12.1 Å². The zero-order valence-electron chi connectivity index (χ0n) is 15.6. The van der Waals surface area contributed by atoms with Gasteiger partial charge in [0.1, 0.15) is 22.6 Å². The highest BCUT2D eigenvalue weighted by atomic mass is 19.4. The van der Waals surface area contributed by atoms with Crippen molar-refractivity contribution in [2.45, 2.75) is 13.1 Å². The van der Waals surface area contributed by atoms with Crippen molar-refractivity contribution >= 4 is 17.8 Å². The van der Waals surface area contributed by atoms with Crippen LogP contribution < -0.4 is 20.3 Å². The summed E-state index contributed by atoms with van der Waals surface area (Å²) in [5.74, 6) is -2.22. The Hall–Kier alpha value is -3.57. The van der Waals surface area contributed by atoms with Gasteiger partial charge in [-0.25, -0.2) is 14.8 Å². The number of hydrogen-bond donors (Lipinski definition) is 2. The van der Waals surface area contributed by atoms with Gasteiger partial charge in [-0.3, -0.25) is 15.6 Å². The van der Waals surface area contributed by atoms with E-state index in [0.717, 1.165) is 0 Å². The third-order valence-electron chi connectivity index (χ3n) is 3.50. The summed E-state index contributed by atoms with van der Waals surface area (Å²) in [6, 6.07) is 4.60. The number of methoxy groups -OCH3 is 2. The smallest absolute Gasteiger partial charge is 0.434 e. The normalized spacial score (nSPS) is 10.8. The highest BCUT2D eigenvalue weighted by Gasteiger charge is 2.38. The predicted octanol–water partition coefficient (Wildman–Crippen LogP) is 2.45. The summed E-state index contributed by atoms with van der Waals surface area (Å²) in [5, 5.41) is 0. The maximum atomic E-state index is 13.2. The summed E-state index contributed by atoms with van der Waals surface area (Å²) < 4.78 is 54.5. The summed E-state index contributed by atoms with van der Waals surface area (Å²) in [4.78, 5) is 31.0. The summed E-state index contributed by atoms with van der Waals surface area (Å²) in [6.45, 7) is 1.33. The van der Waals surface area contributed by atoms with E-state index >= 15 is 0 Å². The molecule has 0 saturated carbocycles. The Morgan fingerprint density at radius 3 is 2.28 bits per heavy atom. The number of hydrogen-bond acceptors (Lipinski definition) is 8. The number of amides is 1. The van der Waals surface area contributed by atoms with Gasteiger partial charge in [0.25, 0.3) is 5.91 Å². The molecule has 0 spiro atoms. The van der Waals surface area contributed by atoms with Gasteiger partial charge in [-0.2, -0.15) is 13.2 Å². The summed E-state index contributed by atoms with van der Waals surface area (Å²) in [6.07, 6.45) is -4.29. The fourth-order valence-corrected chi connectivity index (χ4v) is 2.27. The number of benzene rings is 1. The molecule has 2 N–H and O–H groups in total. The van der Waals surface area contributed by atoms with E-state index in [1.165, 1.54) is 33.3 Å². The molecule has 0 unspecified atom stereocenters. The first-order chi connectivity index (χ1) is 13.7. The molecule has 0 aliphatic heterocycles. The van der Waals surface area contributed by atoms with Gasteiger partial charge in [-0.15, -0.1) is 0 Å². The van der Waals surface area contributed by atoms with Crippen LogP contribution in [0.5, 0.6) is 11.5 Å². The molecule has 156 valence electrons. The van der Waals surface area contributed by atoms with Crippen molar-refractivity contribution in [1.29, 1.82) is 0 Å². The monoisotopic (exact) mass is 414 g/mol. The Bertz CT molecular complexity index is 883. The molecule has 0 saturated heterocycles.